The van der Waals surface area contributed by atoms with E-state index in [0.29, 0.717) is 102 Å². The Morgan fingerprint density at radius 3 is 2.02 bits per heavy atom. The largest absolute Gasteiger partial charge is 0.384 e. The molecular weight excluding hydrogens is 554 g/mol. The van der Waals surface area contributed by atoms with E-state index in [1.165, 1.54) is 0 Å². The van der Waals surface area contributed by atoms with Crippen molar-refractivity contribution in [1.29, 1.82) is 0 Å². The first-order valence-electron chi connectivity index (χ1n) is 15.1. The number of primary amides is 1. The molecule has 1 aromatic heterocycles. The number of fused-ring (bicyclic) bond motifs is 1. The van der Waals surface area contributed by atoms with Crippen LogP contribution in [0.15, 0.2) is 18.2 Å². The molecule has 0 saturated carbocycles. The molecule has 0 radical (unpaired) electrons. The van der Waals surface area contributed by atoms with Gasteiger partial charge in [-0.25, -0.2) is 4.68 Å². The fraction of sp³-hybridized carbons (Fsp3) is 0.645. The Morgan fingerprint density at radius 2 is 1.47 bits per heavy atom. The average Bonchev–Trinajstić information content (AvgIpc) is 3.29. The van der Waals surface area contributed by atoms with Gasteiger partial charge in [-0.15, -0.1) is 0 Å². The number of aromatic nitrogens is 2. The fourth-order valence-electron chi connectivity index (χ4n) is 4.94. The van der Waals surface area contributed by atoms with E-state index in [4.69, 9.17) is 35.2 Å². The molecule has 12 heteroatoms. The van der Waals surface area contributed by atoms with Gasteiger partial charge < -0.3 is 40.5 Å². The smallest absolute Gasteiger partial charge is 0.250 e. The number of ketones is 1. The average molecular weight is 604 g/mol. The van der Waals surface area contributed by atoms with Gasteiger partial charge in [0, 0.05) is 31.9 Å². The maximum Gasteiger partial charge on any atom is 0.250 e. The molecule has 0 aliphatic heterocycles. The van der Waals surface area contributed by atoms with Gasteiger partial charge >= 0.3 is 0 Å². The van der Waals surface area contributed by atoms with Gasteiger partial charge in [-0.1, -0.05) is 13.8 Å². The highest BCUT2D eigenvalue weighted by molar-refractivity contribution is 6.00. The molecule has 43 heavy (non-hydrogen) atoms. The highest BCUT2D eigenvalue weighted by atomic mass is 16.6. The van der Waals surface area contributed by atoms with E-state index in [2.05, 4.69) is 24.3 Å². The van der Waals surface area contributed by atoms with Crippen molar-refractivity contribution in [2.75, 3.05) is 84.5 Å². The summed E-state index contributed by atoms with van der Waals surface area (Å²) in [5, 5.41) is 7.99. The molecule has 240 valence electrons. The molecule has 2 aromatic rings. The lowest BCUT2D eigenvalue weighted by Crippen LogP contribution is -2.28. The minimum atomic E-state index is -0.516. The second kappa shape index (κ2) is 18.1. The number of Topliss-reactive ketones (excluding diaryl/α,β-unsaturated/α-hetero) is 1. The molecular formula is C31H49N5O7. The van der Waals surface area contributed by atoms with Gasteiger partial charge in [-0.2, -0.15) is 5.10 Å². The molecule has 0 bridgehead atoms. The Hall–Kier alpha value is -2.87. The summed E-state index contributed by atoms with van der Waals surface area (Å²) in [5.41, 5.74) is 15.0. The quantitative estimate of drug-likeness (QED) is 0.171. The van der Waals surface area contributed by atoms with Crippen molar-refractivity contribution in [3.8, 4) is 5.69 Å². The molecule has 1 heterocycles. The standard InChI is InChI=1S/C31H49N5O7/c1-23-29-27(21-31(2,3)22-28(29)37)36(35-23)24-6-7-25(30(33)38)26(20-24)34-9-5-11-40-13-15-42-17-19-43-18-16-41-14-12-39-10-4-8-32/h6-7,20,34H,4-5,8-19,21-22,32H2,1-3H3,(H2,33,38). The summed E-state index contributed by atoms with van der Waals surface area (Å²) in [6.45, 7) is 12.6. The van der Waals surface area contributed by atoms with E-state index in [9.17, 15) is 9.59 Å². The van der Waals surface area contributed by atoms with Gasteiger partial charge in [0.25, 0.3) is 5.91 Å². The number of aryl methyl sites for hydroxylation is 1. The van der Waals surface area contributed by atoms with E-state index >= 15 is 0 Å². The maximum atomic E-state index is 12.8. The Labute approximate surface area is 254 Å². The Balaban J connectivity index is 1.32. The van der Waals surface area contributed by atoms with Crippen LogP contribution >= 0.6 is 0 Å². The summed E-state index contributed by atoms with van der Waals surface area (Å²) < 4.78 is 29.3. The summed E-state index contributed by atoms with van der Waals surface area (Å²) in [6, 6.07) is 5.38. The van der Waals surface area contributed by atoms with Crippen molar-refractivity contribution >= 4 is 17.4 Å². The molecule has 1 aliphatic rings. The minimum absolute atomic E-state index is 0.124. The first-order chi connectivity index (χ1) is 20.7. The lowest BCUT2D eigenvalue weighted by Gasteiger charge is -2.29. The summed E-state index contributed by atoms with van der Waals surface area (Å²) in [7, 11) is 0. The molecule has 0 unspecified atom stereocenters. The van der Waals surface area contributed by atoms with Crippen molar-refractivity contribution in [3.63, 3.8) is 0 Å². The molecule has 3 rings (SSSR count). The number of nitrogens with two attached hydrogens (primary N) is 2. The number of carbonyl (C=O) groups excluding carboxylic acids is 2. The number of nitrogens with one attached hydrogen (secondary N) is 1. The van der Waals surface area contributed by atoms with Crippen LogP contribution in [0.2, 0.25) is 0 Å². The van der Waals surface area contributed by atoms with E-state index in [1.807, 2.05) is 23.7 Å². The van der Waals surface area contributed by atoms with Crippen LogP contribution in [0.3, 0.4) is 0 Å². The minimum Gasteiger partial charge on any atom is -0.384 e. The number of ether oxygens (including phenoxy) is 5. The molecule has 0 fully saturated rings. The van der Waals surface area contributed by atoms with Crippen LogP contribution in [-0.2, 0) is 30.1 Å². The lowest BCUT2D eigenvalue weighted by atomic mass is 9.75. The zero-order valence-electron chi connectivity index (χ0n) is 26.0. The van der Waals surface area contributed by atoms with Gasteiger partial charge in [0.15, 0.2) is 5.78 Å². The van der Waals surface area contributed by atoms with Gasteiger partial charge in [0.05, 0.1) is 81.1 Å². The molecule has 1 aromatic carbocycles. The van der Waals surface area contributed by atoms with Crippen LogP contribution in [0.4, 0.5) is 5.69 Å². The van der Waals surface area contributed by atoms with Gasteiger partial charge in [-0.3, -0.25) is 9.59 Å². The Bertz CT molecular complexity index is 1170. The summed E-state index contributed by atoms with van der Waals surface area (Å²) in [6.07, 6.45) is 2.83. The number of carbonyl (C=O) groups is 2. The van der Waals surface area contributed by atoms with Crippen LogP contribution in [0.5, 0.6) is 0 Å². The maximum absolute atomic E-state index is 12.8. The monoisotopic (exact) mass is 603 g/mol. The third-order valence-electron chi connectivity index (χ3n) is 6.99. The van der Waals surface area contributed by atoms with E-state index in [-0.39, 0.29) is 11.2 Å². The molecule has 1 aliphatic carbocycles. The molecule has 0 spiro atoms. The third-order valence-corrected chi connectivity index (χ3v) is 6.99. The summed E-state index contributed by atoms with van der Waals surface area (Å²) in [5.74, 6) is -0.392. The van der Waals surface area contributed by atoms with Crippen LogP contribution in [0.25, 0.3) is 5.69 Å². The van der Waals surface area contributed by atoms with Crippen LogP contribution in [-0.4, -0.2) is 101 Å². The number of nitrogens with zero attached hydrogens (tertiary/aromatic N) is 2. The zero-order valence-corrected chi connectivity index (χ0v) is 26.0. The number of rotatable bonds is 22. The molecule has 1 amide bonds. The topological polar surface area (TPSA) is 162 Å². The molecule has 12 nitrogen and oxygen atoms in total. The van der Waals surface area contributed by atoms with E-state index in [0.717, 1.165) is 36.3 Å². The molecule has 0 atom stereocenters. The van der Waals surface area contributed by atoms with Gasteiger partial charge in [-0.05, 0) is 56.3 Å². The normalized spacial score (nSPS) is 14.2. The SMILES string of the molecule is Cc1nn(-c2ccc(C(N)=O)c(NCCCOCCOCCOCCOCCOCCCN)c2)c2c1C(=O)CC(C)(C)C2. The van der Waals surface area contributed by atoms with Crippen molar-refractivity contribution < 1.29 is 33.3 Å². The Morgan fingerprint density at radius 1 is 0.907 bits per heavy atom. The number of hydrogen-bond donors (Lipinski definition) is 3. The Kier molecular flexibility index (Phi) is 14.5. The fourth-order valence-corrected chi connectivity index (χ4v) is 4.94. The van der Waals surface area contributed by atoms with Crippen molar-refractivity contribution in [3.05, 3.63) is 40.7 Å². The second-order valence-electron chi connectivity index (χ2n) is 11.3. The molecule has 5 N–H and O–H groups in total. The van der Waals surface area contributed by atoms with Crippen molar-refractivity contribution in [2.45, 2.75) is 46.5 Å². The first-order valence-corrected chi connectivity index (χ1v) is 15.1. The highest BCUT2D eigenvalue weighted by Crippen LogP contribution is 2.37. The van der Waals surface area contributed by atoms with Gasteiger partial charge in [0.1, 0.15) is 0 Å². The zero-order chi connectivity index (χ0) is 31.1. The number of benzene rings is 1. The van der Waals surface area contributed by atoms with E-state index < -0.39 is 5.91 Å². The third kappa shape index (κ3) is 11.3. The van der Waals surface area contributed by atoms with Gasteiger partial charge in [0.2, 0.25) is 0 Å². The summed E-state index contributed by atoms with van der Waals surface area (Å²) in [4.78, 5) is 24.9. The predicted molar refractivity (Wildman–Crippen MR) is 164 cm³/mol. The summed E-state index contributed by atoms with van der Waals surface area (Å²) >= 11 is 0. The number of hydrogen-bond acceptors (Lipinski definition) is 10. The van der Waals surface area contributed by atoms with Crippen LogP contribution in [0, 0.1) is 12.3 Å². The number of amides is 1. The van der Waals surface area contributed by atoms with Crippen LogP contribution in [0.1, 0.15) is 65.2 Å². The second-order valence-corrected chi connectivity index (χ2v) is 11.3. The predicted octanol–water partition coefficient (Wildman–Crippen LogP) is 2.67. The number of anilines is 1. The van der Waals surface area contributed by atoms with Crippen molar-refractivity contribution in [2.24, 2.45) is 16.9 Å². The van der Waals surface area contributed by atoms with Crippen LogP contribution < -0.4 is 16.8 Å². The molecule has 0 saturated heterocycles. The first kappa shape index (κ1) is 34.6. The highest BCUT2D eigenvalue weighted by Gasteiger charge is 2.35. The lowest BCUT2D eigenvalue weighted by molar-refractivity contribution is -0.0110. The van der Waals surface area contributed by atoms with Crippen molar-refractivity contribution in [1.82, 2.24) is 9.78 Å². The van der Waals surface area contributed by atoms with E-state index in [1.54, 1.807) is 6.07 Å².